The Balaban J connectivity index is 1.88. The molecule has 1 atom stereocenters. The van der Waals surface area contributed by atoms with Gasteiger partial charge in [-0.05, 0) is 47.7 Å². The first-order valence-electron chi connectivity index (χ1n) is 8.63. The lowest BCUT2D eigenvalue weighted by atomic mass is 9.98. The molecule has 0 spiro atoms. The van der Waals surface area contributed by atoms with Gasteiger partial charge in [0.25, 0.3) is 0 Å². The first-order valence-corrected chi connectivity index (χ1v) is 10.0. The Morgan fingerprint density at radius 3 is 2.48 bits per heavy atom. The first kappa shape index (κ1) is 19.1. The molecule has 0 aromatic heterocycles. The maximum Gasteiger partial charge on any atom is 0.339 e. The number of hydrogen-bond acceptors (Lipinski definition) is 5. The molecule has 0 bridgehead atoms. The van der Waals surface area contributed by atoms with E-state index < -0.39 is 10.1 Å². The average Bonchev–Trinajstić information content (AvgIpc) is 2.91. The smallest absolute Gasteiger partial charge is 0.339 e. The average molecular weight is 387 g/mol. The zero-order valence-corrected chi connectivity index (χ0v) is 16.2. The Bertz CT molecular complexity index is 1010. The number of benzene rings is 2. The number of carbonyl (C=O) groups excluding carboxylic acids is 2. The van der Waals surface area contributed by atoms with Gasteiger partial charge in [0.2, 0.25) is 5.91 Å². The van der Waals surface area contributed by atoms with Crippen molar-refractivity contribution < 1.29 is 22.2 Å². The summed E-state index contributed by atoms with van der Waals surface area (Å²) in [5.74, 6) is -0.140. The van der Waals surface area contributed by atoms with Crippen LogP contribution in [-0.2, 0) is 21.5 Å². The van der Waals surface area contributed by atoms with E-state index in [-0.39, 0.29) is 28.3 Å². The summed E-state index contributed by atoms with van der Waals surface area (Å²) in [6, 6.07) is 9.37. The molecular formula is C20H21NO5S. The zero-order chi connectivity index (χ0) is 19.8. The van der Waals surface area contributed by atoms with E-state index in [1.807, 2.05) is 13.8 Å². The minimum absolute atomic E-state index is 0.0121. The van der Waals surface area contributed by atoms with Crippen molar-refractivity contribution in [2.75, 3.05) is 0 Å². The third kappa shape index (κ3) is 3.88. The highest BCUT2D eigenvalue weighted by Crippen LogP contribution is 2.40. The second-order valence-corrected chi connectivity index (χ2v) is 8.34. The van der Waals surface area contributed by atoms with E-state index >= 15 is 0 Å². The van der Waals surface area contributed by atoms with Crippen molar-refractivity contribution in [2.45, 2.75) is 44.6 Å². The molecule has 1 aliphatic rings. The van der Waals surface area contributed by atoms with Gasteiger partial charge in [-0.1, -0.05) is 25.1 Å². The van der Waals surface area contributed by atoms with Crippen molar-refractivity contribution >= 4 is 21.8 Å². The molecule has 142 valence electrons. The molecule has 0 fully saturated rings. The minimum atomic E-state index is -4.08. The van der Waals surface area contributed by atoms with Crippen molar-refractivity contribution in [1.82, 2.24) is 5.32 Å². The van der Waals surface area contributed by atoms with Crippen LogP contribution in [0, 0.1) is 6.92 Å². The molecule has 3 rings (SSSR count). The second-order valence-electron chi connectivity index (χ2n) is 6.79. The summed E-state index contributed by atoms with van der Waals surface area (Å²) >= 11 is 0. The van der Waals surface area contributed by atoms with Crippen LogP contribution in [0.4, 0.5) is 0 Å². The van der Waals surface area contributed by atoms with E-state index in [1.54, 1.807) is 18.2 Å². The van der Waals surface area contributed by atoms with Crippen molar-refractivity contribution in [3.63, 3.8) is 0 Å². The number of amides is 1. The Kier molecular flexibility index (Phi) is 5.06. The van der Waals surface area contributed by atoms with E-state index in [0.29, 0.717) is 18.5 Å². The lowest BCUT2D eigenvalue weighted by Crippen LogP contribution is -2.19. The number of ketones is 1. The van der Waals surface area contributed by atoms with Crippen molar-refractivity contribution in [3.05, 3.63) is 58.7 Å². The molecule has 2 aromatic rings. The van der Waals surface area contributed by atoms with Gasteiger partial charge < -0.3 is 9.50 Å². The predicted molar refractivity (Wildman–Crippen MR) is 100 cm³/mol. The summed E-state index contributed by atoms with van der Waals surface area (Å²) in [7, 11) is -4.08. The molecule has 27 heavy (non-hydrogen) atoms. The fraction of sp³-hybridized carbons (Fsp3) is 0.300. The van der Waals surface area contributed by atoms with E-state index in [2.05, 4.69) is 5.32 Å². The molecule has 6 nitrogen and oxygen atoms in total. The largest absolute Gasteiger partial charge is 0.378 e. The van der Waals surface area contributed by atoms with Crippen LogP contribution in [0.15, 0.2) is 41.3 Å². The Morgan fingerprint density at radius 2 is 1.85 bits per heavy atom. The van der Waals surface area contributed by atoms with Crippen LogP contribution in [0.2, 0.25) is 0 Å². The Morgan fingerprint density at radius 1 is 1.19 bits per heavy atom. The number of Topliss-reactive ketones (excluding diaryl/α,β-unsaturated/α-hetero) is 1. The van der Waals surface area contributed by atoms with E-state index in [1.165, 1.54) is 25.1 Å². The van der Waals surface area contributed by atoms with Gasteiger partial charge in [0.05, 0.1) is 5.56 Å². The molecule has 7 heteroatoms. The van der Waals surface area contributed by atoms with Gasteiger partial charge in [-0.3, -0.25) is 9.59 Å². The second kappa shape index (κ2) is 7.15. The maximum atomic E-state index is 12.6. The highest BCUT2D eigenvalue weighted by atomic mass is 32.2. The van der Waals surface area contributed by atoms with E-state index in [4.69, 9.17) is 4.18 Å². The molecule has 0 saturated heterocycles. The third-order valence-corrected chi connectivity index (χ3v) is 5.89. The fourth-order valence-electron chi connectivity index (χ4n) is 3.34. The number of carbonyl (C=O) groups is 2. The van der Waals surface area contributed by atoms with E-state index in [0.717, 1.165) is 16.7 Å². The predicted octanol–water partition coefficient (Wildman–Crippen LogP) is 3.09. The maximum absolute atomic E-state index is 12.6. The van der Waals surface area contributed by atoms with Gasteiger partial charge in [-0.25, -0.2) is 0 Å². The standard InChI is InChI=1S/C20H21NO5S/c1-12-4-9-18(20-17(23)10-13(2)19(12)20)26-27(24,25)16-7-5-15(6-8-16)11-21-14(3)22/h4-9,13H,10-11H2,1-3H3,(H,21,22)/t13-/m1/s1. The molecule has 0 saturated carbocycles. The quantitative estimate of drug-likeness (QED) is 0.797. The van der Waals surface area contributed by atoms with Gasteiger partial charge >= 0.3 is 10.1 Å². The van der Waals surface area contributed by atoms with Crippen LogP contribution in [0.3, 0.4) is 0 Å². The number of rotatable bonds is 5. The van der Waals surface area contributed by atoms with Crippen molar-refractivity contribution in [3.8, 4) is 5.75 Å². The van der Waals surface area contributed by atoms with E-state index in [9.17, 15) is 18.0 Å². The SMILES string of the molecule is CC(=O)NCc1ccc(S(=O)(=O)Oc2ccc(C)c3c2C(=O)C[C@H]3C)cc1. The molecule has 0 unspecified atom stereocenters. The number of hydrogen-bond donors (Lipinski definition) is 1. The summed E-state index contributed by atoms with van der Waals surface area (Å²) in [5.41, 5.74) is 2.95. The Hall–Kier alpha value is -2.67. The molecule has 0 radical (unpaired) electrons. The zero-order valence-electron chi connectivity index (χ0n) is 15.4. The van der Waals surface area contributed by atoms with Crippen LogP contribution in [0.1, 0.15) is 53.2 Å². The molecule has 2 aromatic carbocycles. The fourth-order valence-corrected chi connectivity index (χ4v) is 4.29. The lowest BCUT2D eigenvalue weighted by molar-refractivity contribution is -0.119. The van der Waals surface area contributed by atoms with Gasteiger partial charge in [0, 0.05) is 19.9 Å². The molecule has 1 amide bonds. The highest BCUT2D eigenvalue weighted by molar-refractivity contribution is 7.87. The van der Waals surface area contributed by atoms with Gasteiger partial charge in [-0.15, -0.1) is 0 Å². The lowest BCUT2D eigenvalue weighted by Gasteiger charge is -2.13. The van der Waals surface area contributed by atoms with Crippen LogP contribution in [-0.4, -0.2) is 20.1 Å². The molecule has 0 aliphatic heterocycles. The summed E-state index contributed by atoms with van der Waals surface area (Å²) in [4.78, 5) is 23.3. The summed E-state index contributed by atoms with van der Waals surface area (Å²) in [6.07, 6.45) is 0.356. The van der Waals surface area contributed by atoms with Crippen LogP contribution >= 0.6 is 0 Å². The van der Waals surface area contributed by atoms with Crippen molar-refractivity contribution in [2.24, 2.45) is 0 Å². The van der Waals surface area contributed by atoms with Gasteiger partial charge in [-0.2, -0.15) is 8.42 Å². The first-order chi connectivity index (χ1) is 12.7. The summed E-state index contributed by atoms with van der Waals surface area (Å²) in [5, 5.41) is 2.65. The van der Waals surface area contributed by atoms with Crippen molar-refractivity contribution in [1.29, 1.82) is 0 Å². The van der Waals surface area contributed by atoms with Crippen LogP contribution in [0.25, 0.3) is 0 Å². The van der Waals surface area contributed by atoms with Crippen LogP contribution < -0.4 is 9.50 Å². The molecule has 0 heterocycles. The Labute approximate surface area is 158 Å². The molecule has 1 aliphatic carbocycles. The topological polar surface area (TPSA) is 89.5 Å². The monoisotopic (exact) mass is 387 g/mol. The third-order valence-electron chi connectivity index (χ3n) is 4.64. The highest BCUT2D eigenvalue weighted by Gasteiger charge is 2.32. The number of fused-ring (bicyclic) bond motifs is 1. The van der Waals surface area contributed by atoms with Crippen LogP contribution in [0.5, 0.6) is 5.75 Å². The van der Waals surface area contributed by atoms with Gasteiger partial charge in [0.1, 0.15) is 4.90 Å². The van der Waals surface area contributed by atoms with Gasteiger partial charge in [0.15, 0.2) is 11.5 Å². The summed E-state index contributed by atoms with van der Waals surface area (Å²) in [6.45, 7) is 5.58. The molecule has 1 N–H and O–H groups in total. The summed E-state index contributed by atoms with van der Waals surface area (Å²) < 4.78 is 30.6. The number of nitrogens with one attached hydrogen (secondary N) is 1. The number of aryl methyl sites for hydroxylation is 1. The normalized spacial score (nSPS) is 16.1. The minimum Gasteiger partial charge on any atom is -0.378 e. The molecular weight excluding hydrogens is 366 g/mol.